The molecule has 2 N–H and O–H groups in total. The van der Waals surface area contributed by atoms with E-state index in [0.29, 0.717) is 0 Å². The Morgan fingerprint density at radius 2 is 1.80 bits per heavy atom. The van der Waals surface area contributed by atoms with Gasteiger partial charge in [-0.2, -0.15) is 0 Å². The molecule has 3 heteroatoms. The summed E-state index contributed by atoms with van der Waals surface area (Å²) < 4.78 is 1.11. The van der Waals surface area contributed by atoms with Crippen LogP contribution in [0.5, 0.6) is 0 Å². The minimum Gasteiger partial charge on any atom is -0.320 e. The van der Waals surface area contributed by atoms with E-state index in [1.54, 1.807) is 6.20 Å². The summed E-state index contributed by atoms with van der Waals surface area (Å²) in [5, 5.41) is 1.12. The van der Waals surface area contributed by atoms with Gasteiger partial charge in [-0.1, -0.05) is 40.2 Å². The van der Waals surface area contributed by atoms with Crippen LogP contribution < -0.4 is 5.73 Å². The van der Waals surface area contributed by atoms with Crippen LogP contribution >= 0.6 is 15.9 Å². The highest BCUT2D eigenvalue weighted by Crippen LogP contribution is 2.26. The fourth-order valence-corrected chi connectivity index (χ4v) is 2.59. The molecule has 3 aromatic rings. The number of hydrogen-bond donors (Lipinski definition) is 1. The van der Waals surface area contributed by atoms with Crippen molar-refractivity contribution in [2.75, 3.05) is 0 Å². The fraction of sp³-hybridized carbons (Fsp3) is 0.118. The topological polar surface area (TPSA) is 38.9 Å². The quantitative estimate of drug-likeness (QED) is 0.760. The van der Waals surface area contributed by atoms with Gasteiger partial charge in [0, 0.05) is 16.1 Å². The Bertz CT molecular complexity index is 768. The molecular weight excluding hydrogens is 312 g/mol. The molecule has 0 aliphatic rings. The van der Waals surface area contributed by atoms with Gasteiger partial charge in [-0.15, -0.1) is 0 Å². The van der Waals surface area contributed by atoms with Crippen molar-refractivity contribution in [2.24, 2.45) is 5.73 Å². The number of pyridine rings is 1. The molecule has 100 valence electrons. The van der Waals surface area contributed by atoms with E-state index in [0.717, 1.165) is 26.5 Å². The third-order valence-electron chi connectivity index (χ3n) is 3.53. The summed E-state index contributed by atoms with van der Waals surface area (Å²) in [6, 6.07) is 16.3. The van der Waals surface area contributed by atoms with Gasteiger partial charge in [0.2, 0.25) is 0 Å². The highest BCUT2D eigenvalue weighted by Gasteiger charge is 2.10. The van der Waals surface area contributed by atoms with E-state index in [9.17, 15) is 0 Å². The van der Waals surface area contributed by atoms with E-state index in [-0.39, 0.29) is 6.04 Å². The molecular formula is C17H15BrN2. The normalized spacial score (nSPS) is 12.6. The van der Waals surface area contributed by atoms with Gasteiger partial charge in [-0.05, 0) is 47.9 Å². The predicted octanol–water partition coefficient (Wildman–Crippen LogP) is 4.35. The number of halogens is 1. The molecule has 0 radical (unpaired) electrons. The van der Waals surface area contributed by atoms with Gasteiger partial charge in [0.15, 0.2) is 0 Å². The van der Waals surface area contributed by atoms with Crippen LogP contribution in [0.25, 0.3) is 10.9 Å². The second-order valence-corrected chi connectivity index (χ2v) is 5.80. The molecule has 1 heterocycles. The van der Waals surface area contributed by atoms with Crippen LogP contribution in [0.15, 0.2) is 59.2 Å². The van der Waals surface area contributed by atoms with Crippen LogP contribution in [0.2, 0.25) is 0 Å². The molecule has 0 fully saturated rings. The van der Waals surface area contributed by atoms with Crippen molar-refractivity contribution in [3.8, 4) is 0 Å². The number of nitrogens with two attached hydrogens (primary N) is 1. The van der Waals surface area contributed by atoms with E-state index in [1.807, 2.05) is 18.2 Å². The molecule has 0 bridgehead atoms. The summed E-state index contributed by atoms with van der Waals surface area (Å²) in [6.45, 7) is 2.07. The molecule has 1 atom stereocenters. The third kappa shape index (κ3) is 2.47. The maximum Gasteiger partial charge on any atom is 0.0702 e. The molecule has 0 amide bonds. The molecule has 0 saturated carbocycles. The number of fused-ring (bicyclic) bond motifs is 1. The van der Waals surface area contributed by atoms with E-state index in [1.165, 1.54) is 5.56 Å². The predicted molar refractivity (Wildman–Crippen MR) is 86.7 cm³/mol. The summed E-state index contributed by atoms with van der Waals surface area (Å²) >= 11 is 3.52. The zero-order valence-electron chi connectivity index (χ0n) is 11.2. The van der Waals surface area contributed by atoms with E-state index in [4.69, 9.17) is 5.73 Å². The lowest BCUT2D eigenvalue weighted by molar-refractivity contribution is 0.871. The first kappa shape index (κ1) is 13.3. The summed E-state index contributed by atoms with van der Waals surface area (Å²) in [7, 11) is 0. The lowest BCUT2D eigenvalue weighted by Crippen LogP contribution is -2.12. The zero-order valence-corrected chi connectivity index (χ0v) is 12.8. The largest absolute Gasteiger partial charge is 0.320 e. The maximum atomic E-state index is 6.39. The van der Waals surface area contributed by atoms with Crippen molar-refractivity contribution >= 4 is 26.8 Å². The fourth-order valence-electron chi connectivity index (χ4n) is 2.34. The average molecular weight is 327 g/mol. The molecule has 0 aliphatic heterocycles. The monoisotopic (exact) mass is 326 g/mol. The molecule has 2 nitrogen and oxygen atoms in total. The number of benzene rings is 2. The first-order valence-corrected chi connectivity index (χ1v) is 7.31. The Morgan fingerprint density at radius 3 is 2.60 bits per heavy atom. The second-order valence-electron chi connectivity index (χ2n) is 4.94. The standard InChI is InChI=1S/C17H15BrN2/c1-11-9-13(4-6-15(11)18)17(19)14-5-7-16-12(10-14)3-2-8-20-16/h2-10,17H,19H2,1H3. The van der Waals surface area contributed by atoms with Crippen molar-refractivity contribution in [2.45, 2.75) is 13.0 Å². The molecule has 0 spiro atoms. The molecule has 3 rings (SSSR count). The smallest absolute Gasteiger partial charge is 0.0702 e. The Kier molecular flexibility index (Phi) is 3.55. The minimum atomic E-state index is -0.119. The Labute approximate surface area is 126 Å². The number of aromatic nitrogens is 1. The number of rotatable bonds is 2. The van der Waals surface area contributed by atoms with E-state index in [2.05, 4.69) is 58.2 Å². The van der Waals surface area contributed by atoms with Gasteiger partial charge in [-0.3, -0.25) is 4.98 Å². The van der Waals surface area contributed by atoms with E-state index < -0.39 is 0 Å². The summed E-state index contributed by atoms with van der Waals surface area (Å²) in [5.74, 6) is 0. The Hall–Kier alpha value is -1.71. The summed E-state index contributed by atoms with van der Waals surface area (Å²) in [6.07, 6.45) is 1.81. The number of hydrogen-bond acceptors (Lipinski definition) is 2. The minimum absolute atomic E-state index is 0.119. The highest BCUT2D eigenvalue weighted by molar-refractivity contribution is 9.10. The summed E-state index contributed by atoms with van der Waals surface area (Å²) in [4.78, 5) is 4.33. The lowest BCUT2D eigenvalue weighted by atomic mass is 9.97. The SMILES string of the molecule is Cc1cc(C(N)c2ccc3ncccc3c2)ccc1Br. The molecule has 0 aliphatic carbocycles. The second kappa shape index (κ2) is 5.35. The lowest BCUT2D eigenvalue weighted by Gasteiger charge is -2.14. The van der Waals surface area contributed by atoms with Crippen LogP contribution in [-0.2, 0) is 0 Å². The van der Waals surface area contributed by atoms with Crippen LogP contribution in [0.3, 0.4) is 0 Å². The molecule has 1 unspecified atom stereocenters. The molecule has 20 heavy (non-hydrogen) atoms. The third-order valence-corrected chi connectivity index (χ3v) is 4.42. The van der Waals surface area contributed by atoms with Crippen LogP contribution in [-0.4, -0.2) is 4.98 Å². The molecule has 2 aromatic carbocycles. The van der Waals surface area contributed by atoms with Crippen molar-refractivity contribution in [3.63, 3.8) is 0 Å². The van der Waals surface area contributed by atoms with Gasteiger partial charge < -0.3 is 5.73 Å². The van der Waals surface area contributed by atoms with Gasteiger partial charge in [0.25, 0.3) is 0 Å². The van der Waals surface area contributed by atoms with Crippen molar-refractivity contribution in [1.29, 1.82) is 0 Å². The number of nitrogens with zero attached hydrogens (tertiary/aromatic N) is 1. The molecule has 0 saturated heterocycles. The van der Waals surface area contributed by atoms with Crippen LogP contribution in [0.4, 0.5) is 0 Å². The van der Waals surface area contributed by atoms with Crippen molar-refractivity contribution in [3.05, 3.63) is 75.9 Å². The van der Waals surface area contributed by atoms with Gasteiger partial charge in [0.05, 0.1) is 11.6 Å². The van der Waals surface area contributed by atoms with Crippen molar-refractivity contribution in [1.82, 2.24) is 4.98 Å². The Morgan fingerprint density at radius 1 is 1.05 bits per heavy atom. The number of aryl methyl sites for hydroxylation is 1. The van der Waals surface area contributed by atoms with Crippen LogP contribution in [0.1, 0.15) is 22.7 Å². The Balaban J connectivity index is 2.02. The summed E-state index contributed by atoms with van der Waals surface area (Å²) in [5.41, 5.74) is 10.8. The van der Waals surface area contributed by atoms with Gasteiger partial charge in [0.1, 0.15) is 0 Å². The van der Waals surface area contributed by atoms with Crippen LogP contribution in [0, 0.1) is 6.92 Å². The zero-order chi connectivity index (χ0) is 14.1. The maximum absolute atomic E-state index is 6.39. The first-order chi connectivity index (χ1) is 9.65. The van der Waals surface area contributed by atoms with Crippen molar-refractivity contribution < 1.29 is 0 Å². The highest BCUT2D eigenvalue weighted by atomic mass is 79.9. The van der Waals surface area contributed by atoms with E-state index >= 15 is 0 Å². The molecule has 1 aromatic heterocycles. The average Bonchev–Trinajstić information content (AvgIpc) is 2.49. The first-order valence-electron chi connectivity index (χ1n) is 6.51. The van der Waals surface area contributed by atoms with Gasteiger partial charge >= 0.3 is 0 Å². The van der Waals surface area contributed by atoms with Gasteiger partial charge in [-0.25, -0.2) is 0 Å².